The van der Waals surface area contributed by atoms with Crippen LogP contribution in [0.2, 0.25) is 0 Å². The van der Waals surface area contributed by atoms with E-state index in [0.29, 0.717) is 34.3 Å². The van der Waals surface area contributed by atoms with Crippen LogP contribution >= 0.6 is 0 Å². The molecule has 0 aliphatic heterocycles. The van der Waals surface area contributed by atoms with Gasteiger partial charge in [0.15, 0.2) is 0 Å². The minimum Gasteiger partial charge on any atom is -0.496 e. The van der Waals surface area contributed by atoms with Crippen LogP contribution in [0.5, 0.6) is 17.2 Å². The summed E-state index contributed by atoms with van der Waals surface area (Å²) in [7, 11) is 4.72. The molecule has 1 heterocycles. The first-order chi connectivity index (χ1) is 9.19. The fourth-order valence-electron chi connectivity index (χ4n) is 1.73. The van der Waals surface area contributed by atoms with Crippen molar-refractivity contribution in [3.8, 4) is 28.5 Å². The Kier molecular flexibility index (Phi) is 3.70. The predicted molar refractivity (Wildman–Crippen MR) is 71.5 cm³/mol. The normalized spacial score (nSPS) is 10.1. The Morgan fingerprint density at radius 1 is 0.895 bits per heavy atom. The number of anilines is 1. The number of nitrogens with zero attached hydrogens (tertiary/aromatic N) is 2. The number of hydrogen-bond donors (Lipinski definition) is 1. The van der Waals surface area contributed by atoms with Crippen molar-refractivity contribution in [3.05, 3.63) is 24.5 Å². The van der Waals surface area contributed by atoms with Gasteiger partial charge in [0.1, 0.15) is 23.1 Å². The van der Waals surface area contributed by atoms with Crippen LogP contribution in [-0.4, -0.2) is 31.3 Å². The molecule has 0 atom stereocenters. The van der Waals surface area contributed by atoms with Crippen molar-refractivity contribution in [1.82, 2.24) is 9.97 Å². The summed E-state index contributed by atoms with van der Waals surface area (Å²) in [5, 5.41) is 0. The summed E-state index contributed by atoms with van der Waals surface area (Å²) in [4.78, 5) is 8.25. The van der Waals surface area contributed by atoms with Gasteiger partial charge in [0.2, 0.25) is 0 Å². The van der Waals surface area contributed by atoms with Gasteiger partial charge in [0, 0.05) is 12.1 Å². The minimum absolute atomic E-state index is 0.357. The summed E-state index contributed by atoms with van der Waals surface area (Å²) < 4.78 is 15.9. The third-order valence-corrected chi connectivity index (χ3v) is 2.64. The molecule has 19 heavy (non-hydrogen) atoms. The SMILES string of the molecule is COc1cc(OC)c(-c2cnc(N)cn2)c(OC)c1. The number of hydrogen-bond acceptors (Lipinski definition) is 6. The number of rotatable bonds is 4. The van der Waals surface area contributed by atoms with Crippen molar-refractivity contribution < 1.29 is 14.2 Å². The van der Waals surface area contributed by atoms with Crippen LogP contribution in [0.4, 0.5) is 5.82 Å². The van der Waals surface area contributed by atoms with Gasteiger partial charge in [-0.15, -0.1) is 0 Å². The third-order valence-electron chi connectivity index (χ3n) is 2.64. The van der Waals surface area contributed by atoms with Crippen LogP contribution < -0.4 is 19.9 Å². The lowest BCUT2D eigenvalue weighted by molar-refractivity contribution is 0.377. The molecule has 0 fully saturated rings. The monoisotopic (exact) mass is 261 g/mol. The fourth-order valence-corrected chi connectivity index (χ4v) is 1.73. The number of nitrogen functional groups attached to an aromatic ring is 1. The first kappa shape index (κ1) is 12.9. The zero-order valence-corrected chi connectivity index (χ0v) is 11.0. The highest BCUT2D eigenvalue weighted by atomic mass is 16.5. The molecule has 0 amide bonds. The highest BCUT2D eigenvalue weighted by Crippen LogP contribution is 2.40. The van der Waals surface area contributed by atoms with E-state index in [-0.39, 0.29) is 0 Å². The topological polar surface area (TPSA) is 79.5 Å². The summed E-state index contributed by atoms with van der Waals surface area (Å²) in [6, 6.07) is 3.52. The molecule has 0 saturated heterocycles. The van der Waals surface area contributed by atoms with Crippen molar-refractivity contribution in [2.24, 2.45) is 0 Å². The molecule has 6 nitrogen and oxygen atoms in total. The lowest BCUT2D eigenvalue weighted by Crippen LogP contribution is -1.98. The molecular formula is C13H15N3O3. The minimum atomic E-state index is 0.357. The van der Waals surface area contributed by atoms with Crippen molar-refractivity contribution in [1.29, 1.82) is 0 Å². The quantitative estimate of drug-likeness (QED) is 0.903. The van der Waals surface area contributed by atoms with E-state index in [1.54, 1.807) is 39.7 Å². The second kappa shape index (κ2) is 5.43. The van der Waals surface area contributed by atoms with Crippen molar-refractivity contribution in [3.63, 3.8) is 0 Å². The molecule has 0 radical (unpaired) electrons. The molecule has 2 aromatic rings. The first-order valence-corrected chi connectivity index (χ1v) is 5.57. The lowest BCUT2D eigenvalue weighted by Gasteiger charge is -2.14. The molecule has 100 valence electrons. The molecule has 1 aromatic heterocycles. The Hall–Kier alpha value is -2.50. The van der Waals surface area contributed by atoms with Crippen LogP contribution in [-0.2, 0) is 0 Å². The van der Waals surface area contributed by atoms with Gasteiger partial charge in [-0.1, -0.05) is 0 Å². The van der Waals surface area contributed by atoms with E-state index in [4.69, 9.17) is 19.9 Å². The second-order valence-corrected chi connectivity index (χ2v) is 3.73. The van der Waals surface area contributed by atoms with Crippen LogP contribution in [0.1, 0.15) is 0 Å². The Labute approximate surface area is 111 Å². The molecule has 0 saturated carbocycles. The van der Waals surface area contributed by atoms with Gasteiger partial charge in [0.05, 0.1) is 45.0 Å². The van der Waals surface area contributed by atoms with E-state index in [1.807, 2.05) is 0 Å². The van der Waals surface area contributed by atoms with Gasteiger partial charge in [-0.05, 0) is 0 Å². The Bertz CT molecular complexity index is 545. The van der Waals surface area contributed by atoms with Crippen LogP contribution in [0.25, 0.3) is 11.3 Å². The summed E-state index contributed by atoms with van der Waals surface area (Å²) >= 11 is 0. The molecular weight excluding hydrogens is 246 g/mol. The van der Waals surface area contributed by atoms with Crippen molar-refractivity contribution in [2.45, 2.75) is 0 Å². The van der Waals surface area contributed by atoms with Crippen molar-refractivity contribution >= 4 is 5.82 Å². The maximum absolute atomic E-state index is 5.54. The summed E-state index contributed by atoms with van der Waals surface area (Å²) in [6.07, 6.45) is 3.06. The van der Waals surface area contributed by atoms with E-state index >= 15 is 0 Å². The Morgan fingerprint density at radius 3 is 1.95 bits per heavy atom. The summed E-state index contributed by atoms with van der Waals surface area (Å²) in [5.74, 6) is 2.18. The van der Waals surface area contributed by atoms with Crippen LogP contribution in [0.15, 0.2) is 24.5 Å². The molecule has 0 aliphatic rings. The van der Waals surface area contributed by atoms with Crippen molar-refractivity contribution in [2.75, 3.05) is 27.1 Å². The first-order valence-electron chi connectivity index (χ1n) is 5.57. The average Bonchev–Trinajstić information content (AvgIpc) is 2.46. The molecule has 1 aromatic carbocycles. The van der Waals surface area contributed by atoms with E-state index in [9.17, 15) is 0 Å². The number of nitrogens with two attached hydrogens (primary N) is 1. The predicted octanol–water partition coefficient (Wildman–Crippen LogP) is 1.75. The zero-order valence-electron chi connectivity index (χ0n) is 11.0. The highest BCUT2D eigenvalue weighted by Gasteiger charge is 2.16. The standard InChI is InChI=1S/C13H15N3O3/c1-17-8-4-10(18-2)13(11(5-8)19-3)9-6-16-12(14)7-15-9/h4-7H,1-3H3,(H2,14,16). The maximum Gasteiger partial charge on any atom is 0.141 e. The molecule has 2 N–H and O–H groups in total. The molecule has 0 unspecified atom stereocenters. The molecule has 0 aliphatic carbocycles. The molecule has 0 spiro atoms. The van der Waals surface area contributed by atoms with Gasteiger partial charge in [0.25, 0.3) is 0 Å². The number of ether oxygens (including phenoxy) is 3. The van der Waals surface area contributed by atoms with Crippen LogP contribution in [0, 0.1) is 0 Å². The van der Waals surface area contributed by atoms with Gasteiger partial charge >= 0.3 is 0 Å². The fraction of sp³-hybridized carbons (Fsp3) is 0.231. The number of methoxy groups -OCH3 is 3. The van der Waals surface area contributed by atoms with Gasteiger partial charge in [-0.3, -0.25) is 4.98 Å². The zero-order chi connectivity index (χ0) is 13.8. The van der Waals surface area contributed by atoms with E-state index < -0.39 is 0 Å². The van der Waals surface area contributed by atoms with Gasteiger partial charge in [-0.2, -0.15) is 0 Å². The van der Waals surface area contributed by atoms with Gasteiger partial charge < -0.3 is 19.9 Å². The highest BCUT2D eigenvalue weighted by molar-refractivity contribution is 5.75. The number of aromatic nitrogens is 2. The Balaban J connectivity index is 2.63. The largest absolute Gasteiger partial charge is 0.496 e. The number of benzene rings is 1. The third kappa shape index (κ3) is 2.52. The maximum atomic E-state index is 5.54. The lowest BCUT2D eigenvalue weighted by atomic mass is 10.1. The second-order valence-electron chi connectivity index (χ2n) is 3.73. The molecule has 0 bridgehead atoms. The molecule has 2 rings (SSSR count). The Morgan fingerprint density at radius 2 is 1.53 bits per heavy atom. The summed E-state index contributed by atoms with van der Waals surface area (Å²) in [6.45, 7) is 0. The smallest absolute Gasteiger partial charge is 0.141 e. The molecule has 6 heteroatoms. The van der Waals surface area contributed by atoms with Gasteiger partial charge in [-0.25, -0.2) is 4.98 Å². The summed E-state index contributed by atoms with van der Waals surface area (Å²) in [5.41, 5.74) is 6.86. The van der Waals surface area contributed by atoms with E-state index in [2.05, 4.69) is 9.97 Å². The average molecular weight is 261 g/mol. The van der Waals surface area contributed by atoms with Crippen LogP contribution in [0.3, 0.4) is 0 Å². The van der Waals surface area contributed by atoms with E-state index in [1.165, 1.54) is 6.20 Å². The van der Waals surface area contributed by atoms with E-state index in [0.717, 1.165) is 0 Å².